The first-order valence-corrected chi connectivity index (χ1v) is 7.81. The minimum Gasteiger partial charge on any atom is -0.481 e. The lowest BCUT2D eigenvalue weighted by Crippen LogP contribution is -2.28. The molecule has 1 N–H and O–H groups in total. The first kappa shape index (κ1) is 12.7. The van der Waals surface area contributed by atoms with E-state index in [4.69, 9.17) is 0 Å². The second-order valence-electron chi connectivity index (χ2n) is 5.45. The molecule has 0 saturated heterocycles. The topological polar surface area (TPSA) is 37.3 Å². The molecule has 1 heterocycles. The van der Waals surface area contributed by atoms with Crippen molar-refractivity contribution in [3.63, 3.8) is 0 Å². The van der Waals surface area contributed by atoms with Gasteiger partial charge in [0.1, 0.15) is 0 Å². The van der Waals surface area contributed by atoms with E-state index in [1.54, 1.807) is 11.3 Å². The lowest BCUT2D eigenvalue weighted by Gasteiger charge is -2.28. The molecular weight excluding hydrogens is 256 g/mol. The maximum atomic E-state index is 11.4. The van der Waals surface area contributed by atoms with Gasteiger partial charge in [-0.3, -0.25) is 4.79 Å². The maximum Gasteiger partial charge on any atom is 0.306 e. The van der Waals surface area contributed by atoms with Crippen LogP contribution in [0.2, 0.25) is 0 Å². The molecule has 0 spiro atoms. The molecule has 0 aliphatic heterocycles. The Bertz CT molecular complexity index is 587. The number of rotatable bonds is 3. The summed E-state index contributed by atoms with van der Waals surface area (Å²) in [6.45, 7) is 0. The van der Waals surface area contributed by atoms with Gasteiger partial charge in [0.25, 0.3) is 0 Å². The van der Waals surface area contributed by atoms with Crippen LogP contribution in [-0.2, 0) is 11.2 Å². The summed E-state index contributed by atoms with van der Waals surface area (Å²) in [5.41, 5.74) is 1.33. The average Bonchev–Trinajstić information content (AvgIpc) is 2.83. The second kappa shape index (κ2) is 5.33. The normalized spacial score (nSPS) is 23.6. The van der Waals surface area contributed by atoms with Crippen LogP contribution in [0.4, 0.5) is 0 Å². The maximum absolute atomic E-state index is 11.4. The summed E-state index contributed by atoms with van der Waals surface area (Å²) in [6, 6.07) is 8.41. The lowest BCUT2D eigenvalue weighted by molar-refractivity contribution is -0.144. The van der Waals surface area contributed by atoms with E-state index < -0.39 is 5.97 Å². The van der Waals surface area contributed by atoms with E-state index in [1.807, 2.05) is 0 Å². The number of fused-ring (bicyclic) bond motifs is 1. The lowest BCUT2D eigenvalue weighted by atomic mass is 9.76. The molecule has 2 nitrogen and oxygen atoms in total. The zero-order chi connectivity index (χ0) is 13.2. The van der Waals surface area contributed by atoms with E-state index >= 15 is 0 Å². The van der Waals surface area contributed by atoms with Gasteiger partial charge in [-0.05, 0) is 47.6 Å². The summed E-state index contributed by atoms with van der Waals surface area (Å²) in [4.78, 5) is 11.4. The van der Waals surface area contributed by atoms with Gasteiger partial charge in [0.05, 0.1) is 5.92 Å². The average molecular weight is 274 g/mol. The van der Waals surface area contributed by atoms with Crippen molar-refractivity contribution in [1.29, 1.82) is 0 Å². The molecule has 2 atom stereocenters. The number of carboxylic acids is 1. The van der Waals surface area contributed by atoms with Crippen molar-refractivity contribution in [1.82, 2.24) is 0 Å². The minimum absolute atomic E-state index is 0.146. The van der Waals surface area contributed by atoms with Gasteiger partial charge in [-0.2, -0.15) is 0 Å². The Morgan fingerprint density at radius 2 is 2.05 bits per heavy atom. The highest BCUT2D eigenvalue weighted by Crippen LogP contribution is 2.35. The fourth-order valence-electron chi connectivity index (χ4n) is 3.25. The molecule has 3 rings (SSSR count). The number of carbonyl (C=O) groups is 1. The first-order chi connectivity index (χ1) is 9.25. The molecule has 1 aliphatic carbocycles. The van der Waals surface area contributed by atoms with Crippen molar-refractivity contribution in [3.8, 4) is 0 Å². The van der Waals surface area contributed by atoms with Crippen LogP contribution in [-0.4, -0.2) is 11.1 Å². The summed E-state index contributed by atoms with van der Waals surface area (Å²) in [5.74, 6) is -0.444. The van der Waals surface area contributed by atoms with E-state index in [9.17, 15) is 9.90 Å². The van der Waals surface area contributed by atoms with Crippen molar-refractivity contribution >= 4 is 27.4 Å². The van der Waals surface area contributed by atoms with E-state index in [0.717, 1.165) is 25.7 Å². The zero-order valence-electron chi connectivity index (χ0n) is 10.8. The Kier molecular flexibility index (Phi) is 3.56. The summed E-state index contributed by atoms with van der Waals surface area (Å²) in [5, 5.41) is 12.9. The van der Waals surface area contributed by atoms with Crippen LogP contribution in [0.5, 0.6) is 0 Å². The number of hydrogen-bond acceptors (Lipinski definition) is 2. The molecule has 0 bridgehead atoms. The van der Waals surface area contributed by atoms with Gasteiger partial charge in [-0.1, -0.05) is 31.0 Å². The molecular formula is C16H18O2S. The highest BCUT2D eigenvalue weighted by Gasteiger charge is 2.31. The van der Waals surface area contributed by atoms with Gasteiger partial charge in [0.15, 0.2) is 0 Å². The van der Waals surface area contributed by atoms with Gasteiger partial charge in [-0.15, -0.1) is 11.3 Å². The van der Waals surface area contributed by atoms with Crippen LogP contribution >= 0.6 is 11.3 Å². The van der Waals surface area contributed by atoms with Crippen LogP contribution in [0.1, 0.15) is 31.2 Å². The predicted octanol–water partition coefficient (Wildman–Crippen LogP) is 4.33. The zero-order valence-corrected chi connectivity index (χ0v) is 11.7. The van der Waals surface area contributed by atoms with Gasteiger partial charge in [-0.25, -0.2) is 0 Å². The van der Waals surface area contributed by atoms with Gasteiger partial charge < -0.3 is 5.11 Å². The van der Waals surface area contributed by atoms with Crippen molar-refractivity contribution in [2.45, 2.75) is 32.1 Å². The van der Waals surface area contributed by atoms with Crippen molar-refractivity contribution in [2.75, 3.05) is 0 Å². The number of thiophene rings is 1. The predicted molar refractivity (Wildman–Crippen MR) is 78.6 cm³/mol. The third kappa shape index (κ3) is 2.52. The Hall–Kier alpha value is -1.35. The van der Waals surface area contributed by atoms with Gasteiger partial charge in [0.2, 0.25) is 0 Å². The highest BCUT2D eigenvalue weighted by molar-refractivity contribution is 7.17. The van der Waals surface area contributed by atoms with Crippen LogP contribution < -0.4 is 0 Å². The quantitative estimate of drug-likeness (QED) is 0.904. The number of aliphatic carboxylic acids is 1. The van der Waals surface area contributed by atoms with E-state index in [1.165, 1.54) is 22.1 Å². The summed E-state index contributed by atoms with van der Waals surface area (Å²) < 4.78 is 1.31. The third-order valence-electron chi connectivity index (χ3n) is 4.27. The number of benzene rings is 1. The molecule has 1 aliphatic rings. The Morgan fingerprint density at radius 1 is 1.26 bits per heavy atom. The van der Waals surface area contributed by atoms with Crippen LogP contribution in [0, 0.1) is 11.8 Å². The molecule has 3 heteroatoms. The fraction of sp³-hybridized carbons (Fsp3) is 0.438. The third-order valence-corrected chi connectivity index (χ3v) is 5.28. The molecule has 1 aromatic carbocycles. The molecule has 1 aromatic heterocycles. The van der Waals surface area contributed by atoms with Crippen molar-refractivity contribution in [3.05, 3.63) is 35.2 Å². The standard InChI is InChI=1S/C16H18O2S/c17-16(18)14-7-2-1-5-11(14)9-12-10-19-15-8-4-3-6-13(12)15/h3-4,6,8,10-11,14H,1-2,5,7,9H2,(H,17,18). The second-order valence-corrected chi connectivity index (χ2v) is 6.36. The molecule has 1 fully saturated rings. The minimum atomic E-state index is -0.607. The van der Waals surface area contributed by atoms with Crippen LogP contribution in [0.3, 0.4) is 0 Å². The molecule has 0 amide bonds. The van der Waals surface area contributed by atoms with Crippen LogP contribution in [0.15, 0.2) is 29.6 Å². The van der Waals surface area contributed by atoms with E-state index in [2.05, 4.69) is 29.6 Å². The Morgan fingerprint density at radius 3 is 2.89 bits per heavy atom. The number of carboxylic acid groups (broad SMARTS) is 1. The fourth-order valence-corrected chi connectivity index (χ4v) is 4.23. The van der Waals surface area contributed by atoms with Gasteiger partial charge in [0, 0.05) is 4.70 Å². The van der Waals surface area contributed by atoms with Crippen LogP contribution in [0.25, 0.3) is 10.1 Å². The molecule has 0 radical (unpaired) electrons. The molecule has 2 aromatic rings. The van der Waals surface area contributed by atoms with Crippen molar-refractivity contribution in [2.24, 2.45) is 11.8 Å². The SMILES string of the molecule is O=C(O)C1CCCCC1Cc1csc2ccccc12. The summed E-state index contributed by atoms with van der Waals surface area (Å²) >= 11 is 1.76. The molecule has 2 unspecified atom stereocenters. The monoisotopic (exact) mass is 274 g/mol. The summed E-state index contributed by atoms with van der Waals surface area (Å²) in [7, 11) is 0. The Balaban J connectivity index is 1.85. The first-order valence-electron chi connectivity index (χ1n) is 6.93. The summed E-state index contributed by atoms with van der Waals surface area (Å²) in [6.07, 6.45) is 5.07. The number of hydrogen-bond donors (Lipinski definition) is 1. The Labute approximate surface area is 117 Å². The smallest absolute Gasteiger partial charge is 0.306 e. The van der Waals surface area contributed by atoms with E-state index in [-0.39, 0.29) is 5.92 Å². The highest BCUT2D eigenvalue weighted by atomic mass is 32.1. The van der Waals surface area contributed by atoms with Crippen molar-refractivity contribution < 1.29 is 9.90 Å². The van der Waals surface area contributed by atoms with Gasteiger partial charge >= 0.3 is 5.97 Å². The molecule has 1 saturated carbocycles. The van der Waals surface area contributed by atoms with E-state index in [0.29, 0.717) is 5.92 Å². The molecule has 100 valence electrons. The largest absolute Gasteiger partial charge is 0.481 e. The molecule has 19 heavy (non-hydrogen) atoms.